The third kappa shape index (κ3) is 3.43. The van der Waals surface area contributed by atoms with Gasteiger partial charge in [0.25, 0.3) is 0 Å². The lowest BCUT2D eigenvalue weighted by molar-refractivity contribution is -0.113. The smallest absolute Gasteiger partial charge is 0.339 e. The van der Waals surface area contributed by atoms with Crippen LogP contribution < -0.4 is 5.32 Å². The number of amides is 1. The molecule has 4 nitrogen and oxygen atoms in total. The number of hydrogen-bond acceptors (Lipinski definition) is 4. The minimum absolute atomic E-state index is 0.0305. The number of nitrogens with one attached hydrogen (secondary N) is 1. The number of benzene rings is 1. The molecule has 1 aromatic carbocycles. The summed E-state index contributed by atoms with van der Waals surface area (Å²) in [5, 5.41) is 2.90. The van der Waals surface area contributed by atoms with Crippen molar-refractivity contribution in [1.82, 2.24) is 0 Å². The van der Waals surface area contributed by atoms with Crippen LogP contribution in [0.2, 0.25) is 0 Å². The summed E-state index contributed by atoms with van der Waals surface area (Å²) in [6, 6.07) is 7.01. The normalized spacial score (nSPS) is 32.4. The van der Waals surface area contributed by atoms with Gasteiger partial charge >= 0.3 is 5.97 Å². The highest BCUT2D eigenvalue weighted by Crippen LogP contribution is 2.60. The van der Waals surface area contributed by atoms with Gasteiger partial charge in [-0.05, 0) is 68.4 Å². The zero-order valence-electron chi connectivity index (χ0n) is 14.6. The average molecular weight is 359 g/mol. The zero-order valence-corrected chi connectivity index (χ0v) is 15.4. The quantitative estimate of drug-likeness (QED) is 0.804. The molecule has 4 saturated carbocycles. The van der Waals surface area contributed by atoms with Gasteiger partial charge in [0.05, 0.1) is 24.1 Å². The van der Waals surface area contributed by atoms with Crippen LogP contribution in [-0.4, -0.2) is 29.5 Å². The fourth-order valence-corrected chi connectivity index (χ4v) is 7.06. The lowest BCUT2D eigenvalue weighted by Gasteiger charge is -2.56. The van der Waals surface area contributed by atoms with Crippen molar-refractivity contribution in [2.24, 2.45) is 17.8 Å². The second-order valence-corrected chi connectivity index (χ2v) is 9.42. The van der Waals surface area contributed by atoms with E-state index >= 15 is 0 Å². The van der Waals surface area contributed by atoms with Crippen molar-refractivity contribution in [3.8, 4) is 0 Å². The molecule has 1 N–H and O–H groups in total. The highest BCUT2D eigenvalue weighted by atomic mass is 32.2. The molecule has 1 amide bonds. The second-order valence-electron chi connectivity index (χ2n) is 7.97. The summed E-state index contributed by atoms with van der Waals surface area (Å²) < 4.78 is 5.12. The topological polar surface area (TPSA) is 55.4 Å². The number of hydrogen-bond donors (Lipinski definition) is 1. The molecule has 0 radical (unpaired) electrons. The highest BCUT2D eigenvalue weighted by Gasteiger charge is 2.51. The molecule has 0 unspecified atom stereocenters. The summed E-state index contributed by atoms with van der Waals surface area (Å²) in [5.41, 5.74) is 0.934. The molecule has 0 saturated heterocycles. The largest absolute Gasteiger partial charge is 0.465 e. The second kappa shape index (κ2) is 6.67. The Labute approximate surface area is 153 Å². The van der Waals surface area contributed by atoms with Gasteiger partial charge in [0, 0.05) is 4.75 Å². The van der Waals surface area contributed by atoms with E-state index in [1.54, 1.807) is 18.2 Å². The van der Waals surface area contributed by atoms with Crippen LogP contribution in [0.15, 0.2) is 24.3 Å². The lowest BCUT2D eigenvalue weighted by atomic mass is 9.56. The van der Waals surface area contributed by atoms with Crippen LogP contribution in [0.5, 0.6) is 0 Å². The molecule has 134 valence electrons. The zero-order chi connectivity index (χ0) is 17.4. The predicted octanol–water partition coefficient (Wildman–Crippen LogP) is 4.11. The van der Waals surface area contributed by atoms with Crippen LogP contribution in [0.3, 0.4) is 0 Å². The van der Waals surface area contributed by atoms with Gasteiger partial charge in [-0.1, -0.05) is 12.1 Å². The van der Waals surface area contributed by atoms with Gasteiger partial charge in [-0.2, -0.15) is 0 Å². The molecule has 25 heavy (non-hydrogen) atoms. The van der Waals surface area contributed by atoms with Crippen LogP contribution in [-0.2, 0) is 9.53 Å². The number of esters is 1. The fourth-order valence-electron chi connectivity index (χ4n) is 5.49. The predicted molar refractivity (Wildman–Crippen MR) is 99.8 cm³/mol. The summed E-state index contributed by atoms with van der Waals surface area (Å²) in [5.74, 6) is 2.68. The highest BCUT2D eigenvalue weighted by molar-refractivity contribution is 8.01. The summed E-state index contributed by atoms with van der Waals surface area (Å²) in [7, 11) is 1.35. The molecule has 4 bridgehead atoms. The van der Waals surface area contributed by atoms with E-state index in [0.717, 1.165) is 17.8 Å². The SMILES string of the molecule is COC(=O)c1ccccc1NC(=O)CSC12CC3CC(CC(C3)C1)C2. The molecule has 4 fully saturated rings. The van der Waals surface area contributed by atoms with Crippen LogP contribution in [0.1, 0.15) is 48.9 Å². The Morgan fingerprint density at radius 1 is 1.12 bits per heavy atom. The molecule has 0 atom stereocenters. The van der Waals surface area contributed by atoms with Crippen molar-refractivity contribution in [3.05, 3.63) is 29.8 Å². The third-order valence-corrected chi connectivity index (χ3v) is 7.62. The number of carbonyl (C=O) groups is 2. The number of anilines is 1. The van der Waals surface area contributed by atoms with Crippen LogP contribution in [0.4, 0.5) is 5.69 Å². The van der Waals surface area contributed by atoms with E-state index < -0.39 is 5.97 Å². The van der Waals surface area contributed by atoms with Gasteiger partial charge < -0.3 is 10.1 Å². The fraction of sp³-hybridized carbons (Fsp3) is 0.600. The van der Waals surface area contributed by atoms with Crippen molar-refractivity contribution in [2.45, 2.75) is 43.3 Å². The Morgan fingerprint density at radius 2 is 1.72 bits per heavy atom. The Hall–Kier alpha value is -1.49. The molecule has 1 aromatic rings. The van der Waals surface area contributed by atoms with Crippen LogP contribution >= 0.6 is 11.8 Å². The average Bonchev–Trinajstić information content (AvgIpc) is 2.59. The van der Waals surface area contributed by atoms with E-state index in [1.165, 1.54) is 45.6 Å². The maximum atomic E-state index is 12.5. The summed E-state index contributed by atoms with van der Waals surface area (Å²) in [6.07, 6.45) is 8.11. The molecule has 0 heterocycles. The number of carbonyl (C=O) groups excluding carboxylic acids is 2. The van der Waals surface area contributed by atoms with E-state index in [1.807, 2.05) is 17.8 Å². The first-order valence-electron chi connectivity index (χ1n) is 9.18. The number of rotatable bonds is 5. The molecular weight excluding hydrogens is 334 g/mol. The molecule has 0 aromatic heterocycles. The third-order valence-electron chi connectivity index (χ3n) is 6.10. The van der Waals surface area contributed by atoms with E-state index in [-0.39, 0.29) is 5.91 Å². The van der Waals surface area contributed by atoms with Gasteiger partial charge in [0.1, 0.15) is 0 Å². The summed E-state index contributed by atoms with van der Waals surface area (Å²) in [4.78, 5) is 24.3. The van der Waals surface area contributed by atoms with Gasteiger partial charge in [0.15, 0.2) is 0 Å². The minimum atomic E-state index is -0.426. The number of para-hydroxylation sites is 1. The van der Waals surface area contributed by atoms with Crippen LogP contribution in [0.25, 0.3) is 0 Å². The molecule has 0 spiro atoms. The van der Waals surface area contributed by atoms with E-state index in [9.17, 15) is 9.59 Å². The van der Waals surface area contributed by atoms with Gasteiger partial charge in [-0.25, -0.2) is 4.79 Å². The van der Waals surface area contributed by atoms with E-state index in [2.05, 4.69) is 5.32 Å². The van der Waals surface area contributed by atoms with Crippen molar-refractivity contribution in [3.63, 3.8) is 0 Å². The Morgan fingerprint density at radius 3 is 2.32 bits per heavy atom. The Balaban J connectivity index is 1.38. The minimum Gasteiger partial charge on any atom is -0.465 e. The lowest BCUT2D eigenvalue weighted by Crippen LogP contribution is -2.49. The molecular formula is C20H25NO3S. The Bertz CT molecular complexity index is 652. The standard InChI is InChI=1S/C20H25NO3S/c1-24-19(23)16-4-2-3-5-17(16)21-18(22)12-25-20-9-13-6-14(10-20)8-15(7-13)11-20/h2-5,13-15H,6-12H2,1H3,(H,21,22). The van der Waals surface area contributed by atoms with Gasteiger partial charge in [-0.3, -0.25) is 4.79 Å². The van der Waals surface area contributed by atoms with Crippen molar-refractivity contribution < 1.29 is 14.3 Å². The van der Waals surface area contributed by atoms with Crippen LogP contribution in [0, 0.1) is 17.8 Å². The first kappa shape index (κ1) is 17.0. The molecule has 5 heteroatoms. The first-order chi connectivity index (χ1) is 12.1. The van der Waals surface area contributed by atoms with Gasteiger partial charge in [-0.15, -0.1) is 11.8 Å². The molecule has 0 aliphatic heterocycles. The van der Waals surface area contributed by atoms with Crippen molar-refractivity contribution >= 4 is 29.3 Å². The van der Waals surface area contributed by atoms with Gasteiger partial charge in [0.2, 0.25) is 5.91 Å². The van der Waals surface area contributed by atoms with E-state index in [0.29, 0.717) is 21.8 Å². The number of methoxy groups -OCH3 is 1. The maximum Gasteiger partial charge on any atom is 0.339 e. The van der Waals surface area contributed by atoms with Crippen molar-refractivity contribution in [1.29, 1.82) is 0 Å². The van der Waals surface area contributed by atoms with E-state index in [4.69, 9.17) is 4.74 Å². The molecule has 5 rings (SSSR count). The molecule has 4 aliphatic rings. The Kier molecular flexibility index (Phi) is 4.52. The monoisotopic (exact) mass is 359 g/mol. The first-order valence-corrected chi connectivity index (χ1v) is 10.2. The number of thioether (sulfide) groups is 1. The number of ether oxygens (including phenoxy) is 1. The maximum absolute atomic E-state index is 12.5. The summed E-state index contributed by atoms with van der Waals surface area (Å²) in [6.45, 7) is 0. The van der Waals surface area contributed by atoms with Crippen molar-refractivity contribution in [2.75, 3.05) is 18.2 Å². The summed E-state index contributed by atoms with van der Waals surface area (Å²) >= 11 is 1.85. The molecule has 4 aliphatic carbocycles.